The molecule has 0 radical (unpaired) electrons. The van der Waals surface area contributed by atoms with E-state index in [1.807, 2.05) is 42.5 Å². The van der Waals surface area contributed by atoms with Crippen LogP contribution in [0.5, 0.6) is 5.75 Å². The number of carbonyl (C=O) groups is 2. The molecule has 0 spiro atoms. The number of rotatable bonds is 10. The summed E-state index contributed by atoms with van der Waals surface area (Å²) in [6.07, 6.45) is 2.90. The number of carbonyl (C=O) groups excluding carboxylic acids is 2. The van der Waals surface area contributed by atoms with Crippen molar-refractivity contribution in [1.82, 2.24) is 14.8 Å². The van der Waals surface area contributed by atoms with Crippen LogP contribution in [-0.4, -0.2) is 53.5 Å². The molecule has 1 aliphatic rings. The Morgan fingerprint density at radius 3 is 2.47 bits per heavy atom. The fraction of sp³-hybridized carbons (Fsp3) is 0.393. The third-order valence-electron chi connectivity index (χ3n) is 6.27. The van der Waals surface area contributed by atoms with Crippen molar-refractivity contribution in [2.45, 2.75) is 39.4 Å². The minimum atomic E-state index is -0.292. The van der Waals surface area contributed by atoms with Gasteiger partial charge in [0.25, 0.3) is 5.91 Å². The third-order valence-corrected chi connectivity index (χ3v) is 6.27. The number of methoxy groups -OCH3 is 1. The first-order valence-electron chi connectivity index (χ1n) is 12.3. The lowest BCUT2D eigenvalue weighted by atomic mass is 9.98. The van der Waals surface area contributed by atoms with Crippen molar-refractivity contribution < 1.29 is 23.5 Å². The van der Waals surface area contributed by atoms with Crippen LogP contribution in [-0.2, 0) is 29.2 Å². The van der Waals surface area contributed by atoms with Crippen molar-refractivity contribution in [3.63, 3.8) is 0 Å². The highest BCUT2D eigenvalue weighted by molar-refractivity contribution is 5.92. The summed E-state index contributed by atoms with van der Waals surface area (Å²) in [5, 5.41) is 0. The van der Waals surface area contributed by atoms with Crippen LogP contribution < -0.4 is 4.74 Å². The molecule has 1 atom stereocenters. The smallest absolute Gasteiger partial charge is 0.310 e. The van der Waals surface area contributed by atoms with Crippen molar-refractivity contribution in [3.05, 3.63) is 83.6 Å². The topological polar surface area (TPSA) is 85.1 Å². The molecule has 0 saturated carbocycles. The molecular formula is C28H33N3O5. The molecule has 0 N–H and O–H groups in total. The Morgan fingerprint density at radius 2 is 1.78 bits per heavy atom. The minimum Gasteiger partial charge on any atom is -0.497 e. The average molecular weight is 492 g/mol. The second-order valence-electron chi connectivity index (χ2n) is 8.95. The maximum atomic E-state index is 13.1. The van der Waals surface area contributed by atoms with Crippen LogP contribution in [0.1, 0.15) is 47.3 Å². The van der Waals surface area contributed by atoms with Gasteiger partial charge in [0, 0.05) is 26.2 Å². The number of hydrogen-bond donors (Lipinski definition) is 0. The van der Waals surface area contributed by atoms with E-state index in [9.17, 15) is 9.59 Å². The van der Waals surface area contributed by atoms with Gasteiger partial charge in [-0.15, -0.1) is 0 Å². The molecule has 1 saturated heterocycles. The molecule has 4 rings (SSSR count). The van der Waals surface area contributed by atoms with Gasteiger partial charge in [-0.25, -0.2) is 4.98 Å². The van der Waals surface area contributed by atoms with Crippen molar-refractivity contribution in [1.29, 1.82) is 0 Å². The fourth-order valence-electron chi connectivity index (χ4n) is 4.45. The van der Waals surface area contributed by atoms with Crippen LogP contribution >= 0.6 is 0 Å². The Labute approximate surface area is 211 Å². The molecule has 0 aliphatic carbocycles. The van der Waals surface area contributed by atoms with Crippen molar-refractivity contribution in [2.75, 3.05) is 26.8 Å². The number of benzene rings is 2. The highest BCUT2D eigenvalue weighted by Crippen LogP contribution is 2.21. The molecule has 1 amide bonds. The number of likely N-dealkylation sites (tertiary alicyclic amines) is 1. The van der Waals surface area contributed by atoms with Gasteiger partial charge < -0.3 is 18.8 Å². The lowest BCUT2D eigenvalue weighted by molar-refractivity contribution is -0.149. The highest BCUT2D eigenvalue weighted by atomic mass is 16.5. The first-order valence-corrected chi connectivity index (χ1v) is 12.3. The molecule has 1 aromatic heterocycles. The SMILES string of the molecule is CCOC(=O)[C@@H]1CCCN(C(=O)c2coc(CN(Cc3ccccc3)Cc3ccc(OC)cc3)n2)C1. The number of hydrogen-bond acceptors (Lipinski definition) is 7. The summed E-state index contributed by atoms with van der Waals surface area (Å²) in [4.78, 5) is 33.6. The summed E-state index contributed by atoms with van der Waals surface area (Å²) in [5.41, 5.74) is 2.57. The maximum absolute atomic E-state index is 13.1. The quantitative estimate of drug-likeness (QED) is 0.391. The standard InChI is InChI=1S/C28H33N3O5/c1-3-35-28(33)23-10-7-15-31(18-23)27(32)25-20-36-26(29-25)19-30(16-21-8-5-4-6-9-21)17-22-11-13-24(34-2)14-12-22/h4-6,8-9,11-14,20,23H,3,7,10,15-19H2,1-2H3/t23-/m1/s1. The first kappa shape index (κ1) is 25.4. The number of esters is 1. The Hall–Kier alpha value is -3.65. The molecule has 190 valence electrons. The molecule has 1 aliphatic heterocycles. The van der Waals surface area contributed by atoms with Crippen LogP contribution in [0.2, 0.25) is 0 Å². The van der Waals surface area contributed by atoms with Crippen LogP contribution in [0.15, 0.2) is 65.3 Å². The predicted octanol–water partition coefficient (Wildman–Crippen LogP) is 4.30. The largest absolute Gasteiger partial charge is 0.497 e. The zero-order valence-corrected chi connectivity index (χ0v) is 20.9. The number of nitrogens with zero attached hydrogens (tertiary/aromatic N) is 3. The van der Waals surface area contributed by atoms with Gasteiger partial charge in [-0.05, 0) is 43.0 Å². The van der Waals surface area contributed by atoms with Crippen LogP contribution in [0.3, 0.4) is 0 Å². The number of aromatic nitrogens is 1. The van der Waals surface area contributed by atoms with Gasteiger partial charge in [0.2, 0.25) is 5.89 Å². The second-order valence-corrected chi connectivity index (χ2v) is 8.95. The van der Waals surface area contributed by atoms with E-state index in [4.69, 9.17) is 13.9 Å². The molecule has 0 unspecified atom stereocenters. The van der Waals surface area contributed by atoms with Gasteiger partial charge in [0.15, 0.2) is 5.69 Å². The van der Waals surface area contributed by atoms with Crippen molar-refractivity contribution in [2.24, 2.45) is 5.92 Å². The van der Waals surface area contributed by atoms with E-state index >= 15 is 0 Å². The maximum Gasteiger partial charge on any atom is 0.310 e. The van der Waals surface area contributed by atoms with Gasteiger partial charge in [0.1, 0.15) is 12.0 Å². The highest BCUT2D eigenvalue weighted by Gasteiger charge is 2.31. The summed E-state index contributed by atoms with van der Waals surface area (Å²) in [7, 11) is 1.65. The first-order chi connectivity index (χ1) is 17.6. The lowest BCUT2D eigenvalue weighted by Gasteiger charge is -2.30. The molecule has 8 heteroatoms. The van der Waals surface area contributed by atoms with Gasteiger partial charge in [0.05, 0.1) is 26.2 Å². The van der Waals surface area contributed by atoms with Gasteiger partial charge in [-0.1, -0.05) is 42.5 Å². The molecule has 2 heterocycles. The van der Waals surface area contributed by atoms with E-state index in [2.05, 4.69) is 22.0 Å². The Kier molecular flexibility index (Phi) is 8.73. The van der Waals surface area contributed by atoms with Crippen molar-refractivity contribution >= 4 is 11.9 Å². The molecule has 3 aromatic rings. The molecule has 8 nitrogen and oxygen atoms in total. The summed E-state index contributed by atoms with van der Waals surface area (Å²) in [6, 6.07) is 18.2. The minimum absolute atomic E-state index is 0.219. The molecule has 2 aromatic carbocycles. The normalized spacial score (nSPS) is 15.6. The number of ether oxygens (including phenoxy) is 2. The third kappa shape index (κ3) is 6.73. The average Bonchev–Trinajstić information content (AvgIpc) is 3.38. The summed E-state index contributed by atoms with van der Waals surface area (Å²) < 4.78 is 16.1. The van der Waals surface area contributed by atoms with E-state index in [1.54, 1.807) is 18.9 Å². The van der Waals surface area contributed by atoms with E-state index in [0.717, 1.165) is 24.2 Å². The summed E-state index contributed by atoms with van der Waals surface area (Å²) in [5.74, 6) is 0.531. The summed E-state index contributed by atoms with van der Waals surface area (Å²) in [6.45, 7) is 4.89. The molecule has 1 fully saturated rings. The van der Waals surface area contributed by atoms with Crippen LogP contribution in [0, 0.1) is 5.92 Å². The van der Waals surface area contributed by atoms with Crippen LogP contribution in [0.4, 0.5) is 0 Å². The number of amides is 1. The zero-order chi connectivity index (χ0) is 25.3. The zero-order valence-electron chi connectivity index (χ0n) is 20.9. The van der Waals surface area contributed by atoms with Gasteiger partial charge in [-0.2, -0.15) is 0 Å². The van der Waals surface area contributed by atoms with E-state index < -0.39 is 0 Å². The monoisotopic (exact) mass is 491 g/mol. The molecule has 0 bridgehead atoms. The van der Waals surface area contributed by atoms with E-state index in [1.165, 1.54) is 11.8 Å². The Morgan fingerprint density at radius 1 is 1.06 bits per heavy atom. The van der Waals surface area contributed by atoms with Crippen LogP contribution in [0.25, 0.3) is 0 Å². The Bertz CT molecular complexity index is 1130. The lowest BCUT2D eigenvalue weighted by Crippen LogP contribution is -2.43. The van der Waals surface area contributed by atoms with E-state index in [-0.39, 0.29) is 23.5 Å². The number of oxazole rings is 1. The Balaban J connectivity index is 1.44. The van der Waals surface area contributed by atoms with Gasteiger partial charge >= 0.3 is 5.97 Å². The molecule has 36 heavy (non-hydrogen) atoms. The van der Waals surface area contributed by atoms with Gasteiger partial charge in [-0.3, -0.25) is 14.5 Å². The fourth-order valence-corrected chi connectivity index (χ4v) is 4.45. The number of piperidine rings is 1. The predicted molar refractivity (Wildman–Crippen MR) is 134 cm³/mol. The van der Waals surface area contributed by atoms with Crippen molar-refractivity contribution in [3.8, 4) is 5.75 Å². The van der Waals surface area contributed by atoms with E-state index in [0.29, 0.717) is 45.2 Å². The molecular weight excluding hydrogens is 458 g/mol. The second kappa shape index (κ2) is 12.4. The summed E-state index contributed by atoms with van der Waals surface area (Å²) >= 11 is 0.